The second-order valence-electron chi connectivity index (χ2n) is 26.3. The lowest BCUT2D eigenvalue weighted by Gasteiger charge is -2.45. The number of benzene rings is 15. The molecule has 8 heteroatoms. The largest absolute Gasteiger partial charge is 0.309 e. The topological polar surface area (TPSA) is 31.1 Å². The third-order valence-corrected chi connectivity index (χ3v) is 21.4. The predicted octanol–water partition coefficient (Wildman–Crippen LogP) is 21.3. The van der Waals surface area contributed by atoms with Crippen molar-refractivity contribution in [3.8, 4) is 28.4 Å². The lowest BCUT2D eigenvalue weighted by molar-refractivity contribution is 1.13. The van der Waals surface area contributed by atoms with Crippen molar-refractivity contribution in [1.82, 2.24) is 22.8 Å². The van der Waals surface area contributed by atoms with Crippen molar-refractivity contribution in [3.63, 3.8) is 0 Å². The van der Waals surface area contributed by atoms with E-state index in [1.807, 2.05) is 0 Å². The zero-order chi connectivity index (χ0) is 63.8. The highest BCUT2D eigenvalue weighted by Gasteiger charge is 2.46. The van der Waals surface area contributed by atoms with Crippen LogP contribution in [0.15, 0.2) is 340 Å². The van der Waals surface area contributed by atoms with Gasteiger partial charge in [-0.05, 0) is 138 Å². The zero-order valence-corrected chi connectivity index (χ0v) is 53.0. The van der Waals surface area contributed by atoms with E-state index in [1.54, 1.807) is 0 Å². The van der Waals surface area contributed by atoms with Crippen LogP contribution < -0.4 is 26.2 Å². The van der Waals surface area contributed by atoms with E-state index < -0.39 is 0 Å². The number of nitrogens with zero attached hydrogens (tertiary/aromatic N) is 7. The molecule has 454 valence electrons. The molecule has 22 rings (SSSR count). The van der Waals surface area contributed by atoms with E-state index in [-0.39, 0.29) is 6.71 Å². The molecule has 98 heavy (non-hydrogen) atoms. The summed E-state index contributed by atoms with van der Waals surface area (Å²) in [6, 6.07) is 127. The quantitative estimate of drug-likeness (QED) is 0.149. The van der Waals surface area contributed by atoms with E-state index in [0.717, 1.165) is 118 Å². The monoisotopic (exact) mass is 1250 g/mol. The first-order chi connectivity index (χ1) is 48.7. The summed E-state index contributed by atoms with van der Waals surface area (Å²) in [4.78, 5) is 5.35. The highest BCUT2D eigenvalue weighted by atomic mass is 15.2. The number of anilines is 6. The number of para-hydroxylation sites is 14. The second-order valence-corrected chi connectivity index (χ2v) is 26.3. The van der Waals surface area contributed by atoms with Gasteiger partial charge in [0.2, 0.25) is 0 Å². The molecule has 20 aromatic rings. The van der Waals surface area contributed by atoms with Gasteiger partial charge in [0.15, 0.2) is 0 Å². The van der Waals surface area contributed by atoms with Gasteiger partial charge in [-0.2, -0.15) is 0 Å². The number of rotatable bonds is 7. The van der Waals surface area contributed by atoms with Gasteiger partial charge in [-0.15, -0.1) is 0 Å². The van der Waals surface area contributed by atoms with Gasteiger partial charge in [-0.25, -0.2) is 0 Å². The summed E-state index contributed by atoms with van der Waals surface area (Å²) in [7, 11) is 0. The molecule has 0 saturated heterocycles. The van der Waals surface area contributed by atoms with Gasteiger partial charge < -0.3 is 32.6 Å². The molecular formula is C90H56BN7. The molecule has 0 bridgehead atoms. The maximum absolute atomic E-state index is 2.69. The van der Waals surface area contributed by atoms with Crippen LogP contribution >= 0.6 is 0 Å². The van der Waals surface area contributed by atoms with E-state index >= 15 is 0 Å². The van der Waals surface area contributed by atoms with Crippen LogP contribution in [-0.4, -0.2) is 29.5 Å². The fraction of sp³-hybridized carbons (Fsp3) is 0. The Morgan fingerprint density at radius 1 is 0.184 bits per heavy atom. The highest BCUT2D eigenvalue weighted by Crippen LogP contribution is 2.54. The van der Waals surface area contributed by atoms with E-state index in [4.69, 9.17) is 0 Å². The number of hydrogen-bond donors (Lipinski definition) is 0. The second kappa shape index (κ2) is 20.2. The molecule has 2 aliphatic heterocycles. The minimum absolute atomic E-state index is 0.263. The van der Waals surface area contributed by atoms with Crippen LogP contribution in [0.2, 0.25) is 0 Å². The van der Waals surface area contributed by atoms with Gasteiger partial charge in [0.1, 0.15) is 0 Å². The third-order valence-electron chi connectivity index (χ3n) is 21.4. The standard InChI is InChI=1S/C90H56BN7/c1-2-26-57(27-3-1)92-79-45-21-12-36-68(79)88-86(92)56-87-89-90(88)98(83-49-25-24-48-82(83)96-77-43-19-10-34-66(77)67-35-11-20-44-78(67)96)85-55-59(94-73-39-15-6-30-62(73)63-31-7-16-40-74(63)94)51-53-70(85)91(89)69-52-50-58(93-71-37-13-4-28-60(71)61-29-5-14-38-72(61)93)54-84(69)97(87)81-47-23-22-46-80(81)95-75-41-17-8-32-64(75)65-33-9-18-42-76(65)95/h1-56H. The minimum atomic E-state index is -0.263. The molecule has 2 aliphatic rings. The van der Waals surface area contributed by atoms with Crippen LogP contribution in [0.1, 0.15) is 0 Å². The Balaban J connectivity index is 0.935. The summed E-state index contributed by atoms with van der Waals surface area (Å²) < 4.78 is 12.5. The molecule has 0 atom stereocenters. The molecule has 0 spiro atoms. The Morgan fingerprint density at radius 3 is 0.878 bits per heavy atom. The average molecular weight is 1250 g/mol. The van der Waals surface area contributed by atoms with Crippen molar-refractivity contribution in [3.05, 3.63) is 340 Å². The normalized spacial score (nSPS) is 12.8. The Bertz CT molecular complexity index is 6570. The van der Waals surface area contributed by atoms with Crippen LogP contribution in [0.5, 0.6) is 0 Å². The summed E-state index contributed by atoms with van der Waals surface area (Å²) in [6.07, 6.45) is 0. The molecule has 7 nitrogen and oxygen atoms in total. The summed E-state index contributed by atoms with van der Waals surface area (Å²) >= 11 is 0. The Morgan fingerprint density at radius 2 is 0.480 bits per heavy atom. The van der Waals surface area contributed by atoms with Crippen molar-refractivity contribution in [1.29, 1.82) is 0 Å². The van der Waals surface area contributed by atoms with Gasteiger partial charge in [-0.3, -0.25) is 0 Å². The van der Waals surface area contributed by atoms with Crippen molar-refractivity contribution in [2.45, 2.75) is 0 Å². The minimum Gasteiger partial charge on any atom is -0.309 e. The van der Waals surface area contributed by atoms with Crippen LogP contribution in [0.25, 0.3) is 137 Å². The first-order valence-corrected chi connectivity index (χ1v) is 33.9. The van der Waals surface area contributed by atoms with Gasteiger partial charge in [-0.1, -0.05) is 218 Å². The molecule has 7 heterocycles. The first-order valence-electron chi connectivity index (χ1n) is 33.9. The summed E-state index contributed by atoms with van der Waals surface area (Å²) in [5, 5.41) is 12.1. The summed E-state index contributed by atoms with van der Waals surface area (Å²) in [5.41, 5.74) is 27.2. The molecule has 0 N–H and O–H groups in total. The van der Waals surface area contributed by atoms with Gasteiger partial charge >= 0.3 is 0 Å². The molecule has 0 amide bonds. The molecule has 0 saturated carbocycles. The maximum Gasteiger partial charge on any atom is 0.252 e. The fourth-order valence-electron chi connectivity index (χ4n) is 17.6. The molecule has 0 radical (unpaired) electrons. The van der Waals surface area contributed by atoms with E-state index in [1.165, 1.54) is 70.3 Å². The zero-order valence-electron chi connectivity index (χ0n) is 53.0. The summed E-state index contributed by atoms with van der Waals surface area (Å²) in [5.74, 6) is 0. The molecule has 15 aromatic carbocycles. The highest BCUT2D eigenvalue weighted by molar-refractivity contribution is 7.00. The van der Waals surface area contributed by atoms with Crippen molar-refractivity contribution >= 4 is 166 Å². The molecule has 5 aromatic heterocycles. The van der Waals surface area contributed by atoms with E-state index in [0.29, 0.717) is 0 Å². The smallest absolute Gasteiger partial charge is 0.252 e. The lowest BCUT2D eigenvalue weighted by atomic mass is 9.33. The number of fused-ring (bicyclic) bond motifs is 20. The first kappa shape index (κ1) is 53.3. The number of hydrogen-bond acceptors (Lipinski definition) is 2. The predicted molar refractivity (Wildman–Crippen MR) is 412 cm³/mol. The van der Waals surface area contributed by atoms with Crippen molar-refractivity contribution in [2.75, 3.05) is 9.80 Å². The van der Waals surface area contributed by atoms with Gasteiger partial charge in [0.25, 0.3) is 6.71 Å². The van der Waals surface area contributed by atoms with Gasteiger partial charge in [0.05, 0.1) is 83.6 Å². The third kappa shape index (κ3) is 7.21. The maximum atomic E-state index is 2.69. The van der Waals surface area contributed by atoms with Crippen LogP contribution in [0, 0.1) is 0 Å². The Labute approximate surface area is 563 Å². The van der Waals surface area contributed by atoms with E-state index in [2.05, 4.69) is 372 Å². The SMILES string of the molecule is c1ccc(-n2c3ccccc3c3c4c5c(cc32)N(c2ccccc2-n2c3ccccc3c3ccccc32)c2cc(-n3c6ccccc6c6ccccc63)ccc2B5c2ccc(-n3c5ccccc5c5ccccc53)cc2N4c2ccccc2-n2c3ccccc3c3ccccc32)cc1. The average Bonchev–Trinajstić information content (AvgIpc) is 1.15. The Kier molecular flexibility index (Phi) is 11.0. The fourth-order valence-corrected chi connectivity index (χ4v) is 17.6. The van der Waals surface area contributed by atoms with Crippen LogP contribution in [-0.2, 0) is 0 Å². The molecule has 0 fully saturated rings. The Hall–Kier alpha value is -13.0. The number of aromatic nitrogens is 5. The van der Waals surface area contributed by atoms with Gasteiger partial charge in [0, 0.05) is 88.0 Å². The summed E-state index contributed by atoms with van der Waals surface area (Å²) in [6.45, 7) is -0.263. The van der Waals surface area contributed by atoms with Crippen LogP contribution in [0.3, 0.4) is 0 Å². The lowest BCUT2D eigenvalue weighted by Crippen LogP contribution is -2.61. The van der Waals surface area contributed by atoms with E-state index in [9.17, 15) is 0 Å². The molecular weight excluding hydrogens is 1190 g/mol. The molecule has 0 aliphatic carbocycles. The van der Waals surface area contributed by atoms with Crippen LogP contribution in [0.4, 0.5) is 34.1 Å². The van der Waals surface area contributed by atoms with Crippen molar-refractivity contribution < 1.29 is 0 Å². The van der Waals surface area contributed by atoms with Crippen molar-refractivity contribution in [2.24, 2.45) is 0 Å². The molecule has 0 unspecified atom stereocenters.